The number of Topliss-reactive ketones (excluding diaryl/α,β-unsaturated/α-hetero) is 1. The summed E-state index contributed by atoms with van der Waals surface area (Å²) in [6.45, 7) is 3.95. The van der Waals surface area contributed by atoms with E-state index in [0.717, 1.165) is 6.42 Å². The number of methoxy groups -OCH3 is 1. The van der Waals surface area contributed by atoms with Crippen molar-refractivity contribution in [2.75, 3.05) is 23.9 Å². The quantitative estimate of drug-likeness (QED) is 0.254. The maximum absolute atomic E-state index is 13.4. The van der Waals surface area contributed by atoms with Crippen LogP contribution >= 0.6 is 0 Å². The van der Waals surface area contributed by atoms with Crippen molar-refractivity contribution in [2.45, 2.75) is 26.3 Å². The van der Waals surface area contributed by atoms with Crippen LogP contribution in [0.3, 0.4) is 0 Å². The van der Waals surface area contributed by atoms with E-state index < -0.39 is 17.7 Å². The number of nitrogens with zero attached hydrogens (tertiary/aromatic N) is 1. The molecule has 1 atom stereocenters. The van der Waals surface area contributed by atoms with Gasteiger partial charge in [0.15, 0.2) is 0 Å². The second-order valence-corrected chi connectivity index (χ2v) is 8.55. The number of anilines is 2. The lowest BCUT2D eigenvalue weighted by molar-refractivity contribution is -0.132. The van der Waals surface area contributed by atoms with E-state index in [1.54, 1.807) is 72.8 Å². The van der Waals surface area contributed by atoms with Gasteiger partial charge in [-0.25, -0.2) is 0 Å². The van der Waals surface area contributed by atoms with Gasteiger partial charge in [-0.3, -0.25) is 19.3 Å². The van der Waals surface area contributed by atoms with Crippen molar-refractivity contribution in [1.29, 1.82) is 0 Å². The van der Waals surface area contributed by atoms with Gasteiger partial charge in [0.1, 0.15) is 17.3 Å². The van der Waals surface area contributed by atoms with Gasteiger partial charge in [0.2, 0.25) is 5.91 Å². The lowest BCUT2D eigenvalue weighted by Gasteiger charge is -2.26. The third kappa shape index (κ3) is 5.33. The summed E-state index contributed by atoms with van der Waals surface area (Å²) in [5.74, 6) is -1.01. The molecule has 1 aliphatic rings. The molecule has 1 saturated heterocycles. The van der Waals surface area contributed by atoms with Crippen LogP contribution in [0.15, 0.2) is 78.4 Å². The Balaban J connectivity index is 1.86. The second kappa shape index (κ2) is 11.0. The molecule has 3 aromatic carbocycles. The van der Waals surface area contributed by atoms with Crippen LogP contribution in [-0.4, -0.2) is 36.4 Å². The van der Waals surface area contributed by atoms with Gasteiger partial charge in [-0.05, 0) is 66.6 Å². The van der Waals surface area contributed by atoms with Gasteiger partial charge in [0.25, 0.3) is 11.7 Å². The highest BCUT2D eigenvalue weighted by molar-refractivity contribution is 6.51. The normalized spacial score (nSPS) is 16.5. The lowest BCUT2D eigenvalue weighted by atomic mass is 9.95. The predicted octanol–water partition coefficient (Wildman–Crippen LogP) is 5.07. The standard InChI is InChI=1S/C29H28N2O6/c1-4-15-37-23-13-11-19(12-14-23)27(33)25-26(20-7-5-10-24(16-20)36-3)31(29(35)28(25)34)22-9-6-8-21(17-22)30-18(2)32/h5-14,16-17,26,33H,4,15H2,1-3H3,(H,30,32)/b27-25+. The molecule has 1 unspecified atom stereocenters. The van der Waals surface area contributed by atoms with Crippen molar-refractivity contribution in [2.24, 2.45) is 0 Å². The molecule has 8 heteroatoms. The summed E-state index contributed by atoms with van der Waals surface area (Å²) in [6, 6.07) is 19.4. The van der Waals surface area contributed by atoms with Gasteiger partial charge in [-0.15, -0.1) is 0 Å². The number of rotatable bonds is 8. The van der Waals surface area contributed by atoms with Crippen molar-refractivity contribution in [1.82, 2.24) is 0 Å². The van der Waals surface area contributed by atoms with Crippen molar-refractivity contribution in [3.8, 4) is 11.5 Å². The molecule has 1 heterocycles. The molecular formula is C29H28N2O6. The highest BCUT2D eigenvalue weighted by atomic mass is 16.5. The fourth-order valence-corrected chi connectivity index (χ4v) is 4.25. The minimum absolute atomic E-state index is 0.0505. The first-order valence-electron chi connectivity index (χ1n) is 11.9. The third-order valence-electron chi connectivity index (χ3n) is 5.90. The molecule has 1 fully saturated rings. The minimum atomic E-state index is -0.932. The fraction of sp³-hybridized carbons (Fsp3) is 0.207. The summed E-state index contributed by atoms with van der Waals surface area (Å²) in [4.78, 5) is 39.7. The Bertz CT molecular complexity index is 1360. The number of carbonyl (C=O) groups excluding carboxylic acids is 3. The number of carbonyl (C=O) groups is 3. The number of ether oxygens (including phenoxy) is 2. The van der Waals surface area contributed by atoms with Crippen LogP contribution < -0.4 is 19.7 Å². The molecule has 4 rings (SSSR count). The van der Waals surface area contributed by atoms with Crippen molar-refractivity contribution >= 4 is 34.7 Å². The summed E-state index contributed by atoms with van der Waals surface area (Å²) >= 11 is 0. The molecule has 0 aromatic heterocycles. The number of hydrogen-bond acceptors (Lipinski definition) is 6. The Morgan fingerprint density at radius 2 is 1.73 bits per heavy atom. The largest absolute Gasteiger partial charge is 0.507 e. The van der Waals surface area contributed by atoms with Crippen LogP contribution in [0.5, 0.6) is 11.5 Å². The molecule has 37 heavy (non-hydrogen) atoms. The number of aliphatic hydroxyl groups is 1. The van der Waals surface area contributed by atoms with Gasteiger partial charge < -0.3 is 19.9 Å². The Labute approximate surface area is 215 Å². The average Bonchev–Trinajstić information content (AvgIpc) is 3.17. The average molecular weight is 501 g/mol. The summed E-state index contributed by atoms with van der Waals surface area (Å²) < 4.78 is 11.0. The number of amides is 2. The maximum Gasteiger partial charge on any atom is 0.300 e. The molecule has 1 aliphatic heterocycles. The van der Waals surface area contributed by atoms with E-state index in [1.807, 2.05) is 6.92 Å². The van der Waals surface area contributed by atoms with E-state index in [1.165, 1.54) is 18.9 Å². The van der Waals surface area contributed by atoms with Crippen LogP contribution in [0.1, 0.15) is 37.4 Å². The number of nitrogens with one attached hydrogen (secondary N) is 1. The molecule has 2 amide bonds. The van der Waals surface area contributed by atoms with Crippen LogP contribution in [0.2, 0.25) is 0 Å². The molecule has 8 nitrogen and oxygen atoms in total. The minimum Gasteiger partial charge on any atom is -0.507 e. The van der Waals surface area contributed by atoms with Crippen LogP contribution in [0.4, 0.5) is 11.4 Å². The first-order valence-corrected chi connectivity index (χ1v) is 11.9. The van der Waals surface area contributed by atoms with E-state index in [4.69, 9.17) is 9.47 Å². The SMILES string of the molecule is CCCOc1ccc(/C(O)=C2\C(=O)C(=O)N(c3cccc(NC(C)=O)c3)C2c2cccc(OC)c2)cc1. The van der Waals surface area contributed by atoms with Gasteiger partial charge >= 0.3 is 0 Å². The maximum atomic E-state index is 13.4. The highest BCUT2D eigenvalue weighted by Crippen LogP contribution is 2.43. The molecule has 2 N–H and O–H groups in total. The molecule has 190 valence electrons. The number of aliphatic hydroxyl groups excluding tert-OH is 1. The number of hydrogen-bond donors (Lipinski definition) is 2. The predicted molar refractivity (Wildman–Crippen MR) is 141 cm³/mol. The highest BCUT2D eigenvalue weighted by Gasteiger charge is 2.47. The monoisotopic (exact) mass is 500 g/mol. The molecule has 3 aromatic rings. The molecule has 0 saturated carbocycles. The van der Waals surface area contributed by atoms with Gasteiger partial charge in [-0.2, -0.15) is 0 Å². The van der Waals surface area contributed by atoms with Gasteiger partial charge in [-0.1, -0.05) is 25.1 Å². The summed E-state index contributed by atoms with van der Waals surface area (Å²) in [7, 11) is 1.52. The first-order chi connectivity index (χ1) is 17.8. The first kappa shape index (κ1) is 25.5. The molecule has 0 spiro atoms. The van der Waals surface area contributed by atoms with E-state index in [0.29, 0.717) is 40.6 Å². The zero-order valence-corrected chi connectivity index (χ0v) is 20.9. The molecule has 0 aliphatic carbocycles. The van der Waals surface area contributed by atoms with Crippen LogP contribution in [-0.2, 0) is 14.4 Å². The number of ketones is 1. The van der Waals surface area contributed by atoms with Crippen LogP contribution in [0, 0.1) is 0 Å². The van der Waals surface area contributed by atoms with E-state index in [-0.39, 0.29) is 17.2 Å². The van der Waals surface area contributed by atoms with Gasteiger partial charge in [0.05, 0.1) is 25.3 Å². The van der Waals surface area contributed by atoms with E-state index >= 15 is 0 Å². The fourth-order valence-electron chi connectivity index (χ4n) is 4.25. The molecule has 0 bridgehead atoms. The number of benzene rings is 3. The van der Waals surface area contributed by atoms with Gasteiger partial charge in [0, 0.05) is 23.9 Å². The van der Waals surface area contributed by atoms with Crippen LogP contribution in [0.25, 0.3) is 5.76 Å². The summed E-state index contributed by atoms with van der Waals surface area (Å²) in [6.07, 6.45) is 0.856. The Hall–Kier alpha value is -4.59. The zero-order chi connectivity index (χ0) is 26.5. The zero-order valence-electron chi connectivity index (χ0n) is 20.9. The summed E-state index contributed by atoms with van der Waals surface area (Å²) in [5.41, 5.74) is 1.77. The Morgan fingerprint density at radius 3 is 2.41 bits per heavy atom. The smallest absolute Gasteiger partial charge is 0.300 e. The molecular weight excluding hydrogens is 472 g/mol. The topological polar surface area (TPSA) is 105 Å². The van der Waals surface area contributed by atoms with E-state index in [9.17, 15) is 19.5 Å². The van der Waals surface area contributed by atoms with Crippen molar-refractivity contribution < 1.29 is 29.0 Å². The van der Waals surface area contributed by atoms with Crippen molar-refractivity contribution in [3.63, 3.8) is 0 Å². The Kier molecular flexibility index (Phi) is 7.57. The van der Waals surface area contributed by atoms with Crippen molar-refractivity contribution in [3.05, 3.63) is 89.5 Å². The third-order valence-corrected chi connectivity index (χ3v) is 5.90. The molecule has 0 radical (unpaired) electrons. The van der Waals surface area contributed by atoms with E-state index in [2.05, 4.69) is 5.32 Å². The Morgan fingerprint density at radius 1 is 1.00 bits per heavy atom. The lowest BCUT2D eigenvalue weighted by Crippen LogP contribution is -2.29. The summed E-state index contributed by atoms with van der Waals surface area (Å²) in [5, 5.41) is 14.0. The second-order valence-electron chi connectivity index (χ2n) is 8.55.